The molecule has 0 atom stereocenters. The highest BCUT2D eigenvalue weighted by molar-refractivity contribution is 4.76. The molecular formula is C6H13N5O. The molecule has 0 amide bonds. The molecule has 0 aliphatic carbocycles. The van der Waals surface area contributed by atoms with Gasteiger partial charge in [0.1, 0.15) is 6.61 Å². The van der Waals surface area contributed by atoms with Crippen LogP contribution in [-0.2, 0) is 17.9 Å². The van der Waals surface area contributed by atoms with Crippen molar-refractivity contribution in [2.24, 2.45) is 5.73 Å². The quantitative estimate of drug-likeness (QED) is 0.625. The van der Waals surface area contributed by atoms with E-state index in [2.05, 4.69) is 15.5 Å². The van der Waals surface area contributed by atoms with Crippen molar-refractivity contribution >= 4 is 0 Å². The molecule has 0 fully saturated rings. The predicted octanol–water partition coefficient (Wildman–Crippen LogP) is -0.832. The molecule has 0 radical (unpaired) electrons. The second-order valence-corrected chi connectivity index (χ2v) is 2.39. The highest BCUT2D eigenvalue weighted by Gasteiger charge is 2.03. The van der Waals surface area contributed by atoms with E-state index in [9.17, 15) is 0 Å². The molecule has 1 heterocycles. The third kappa shape index (κ3) is 2.24. The lowest BCUT2D eigenvalue weighted by molar-refractivity contribution is 0.172. The van der Waals surface area contributed by atoms with Crippen molar-refractivity contribution in [3.63, 3.8) is 0 Å². The van der Waals surface area contributed by atoms with Crippen LogP contribution in [0.3, 0.4) is 0 Å². The van der Waals surface area contributed by atoms with Crippen molar-refractivity contribution < 1.29 is 4.74 Å². The minimum absolute atomic E-state index is 0.442. The van der Waals surface area contributed by atoms with Crippen molar-refractivity contribution in [3.05, 3.63) is 5.82 Å². The van der Waals surface area contributed by atoms with Gasteiger partial charge < -0.3 is 10.5 Å². The van der Waals surface area contributed by atoms with Crippen molar-refractivity contribution in [1.29, 1.82) is 0 Å². The van der Waals surface area contributed by atoms with Gasteiger partial charge in [0.15, 0.2) is 5.82 Å². The van der Waals surface area contributed by atoms with Crippen LogP contribution >= 0.6 is 0 Å². The van der Waals surface area contributed by atoms with Crippen LogP contribution in [-0.4, -0.2) is 33.9 Å². The van der Waals surface area contributed by atoms with E-state index in [4.69, 9.17) is 10.5 Å². The normalized spacial score (nSPS) is 10.5. The number of rotatable bonds is 5. The van der Waals surface area contributed by atoms with Gasteiger partial charge in [-0.2, -0.15) is 0 Å². The Morgan fingerprint density at radius 3 is 3.08 bits per heavy atom. The van der Waals surface area contributed by atoms with Crippen LogP contribution in [0.4, 0.5) is 0 Å². The molecule has 0 unspecified atom stereocenters. The molecule has 1 aromatic heterocycles. The summed E-state index contributed by atoms with van der Waals surface area (Å²) < 4.78 is 6.62. The fourth-order valence-corrected chi connectivity index (χ4v) is 0.870. The van der Waals surface area contributed by atoms with Crippen LogP contribution in [0.5, 0.6) is 0 Å². The zero-order valence-electron chi connectivity index (χ0n) is 7.10. The average Bonchev–Trinajstić information content (AvgIpc) is 2.50. The number of nitrogens with two attached hydrogens (primary N) is 1. The number of aryl methyl sites for hydroxylation is 1. The van der Waals surface area contributed by atoms with Gasteiger partial charge in [-0.1, -0.05) is 0 Å². The standard InChI is InChI=1S/C6H13N5O/c1-12-5-6-8-9-10-11(6)4-2-3-7/h2-5,7H2,1H3. The largest absolute Gasteiger partial charge is 0.377 e. The molecule has 0 saturated heterocycles. The zero-order chi connectivity index (χ0) is 8.81. The Bertz CT molecular complexity index is 223. The van der Waals surface area contributed by atoms with Gasteiger partial charge in [-0.15, -0.1) is 5.10 Å². The summed E-state index contributed by atoms with van der Waals surface area (Å²) in [5.74, 6) is 0.742. The molecule has 6 heteroatoms. The van der Waals surface area contributed by atoms with Crippen LogP contribution in [0, 0.1) is 0 Å². The number of tetrazole rings is 1. The van der Waals surface area contributed by atoms with Gasteiger partial charge in [-0.3, -0.25) is 0 Å². The van der Waals surface area contributed by atoms with Crippen molar-refractivity contribution in [3.8, 4) is 0 Å². The lowest BCUT2D eigenvalue weighted by Crippen LogP contribution is -2.10. The molecule has 2 N–H and O–H groups in total. The first kappa shape index (κ1) is 9.08. The first-order valence-corrected chi connectivity index (χ1v) is 3.82. The molecule has 0 aliphatic heterocycles. The summed E-state index contributed by atoms with van der Waals surface area (Å²) in [6, 6.07) is 0. The average molecular weight is 171 g/mol. The van der Waals surface area contributed by atoms with E-state index in [0.717, 1.165) is 18.8 Å². The van der Waals surface area contributed by atoms with Crippen LogP contribution in [0.2, 0.25) is 0 Å². The van der Waals surface area contributed by atoms with Gasteiger partial charge in [-0.05, 0) is 23.4 Å². The van der Waals surface area contributed by atoms with E-state index in [1.807, 2.05) is 0 Å². The summed E-state index contributed by atoms with van der Waals surface area (Å²) in [5, 5.41) is 11.1. The van der Waals surface area contributed by atoms with Crippen LogP contribution in [0.15, 0.2) is 0 Å². The number of hydrogen-bond donors (Lipinski definition) is 1. The lowest BCUT2D eigenvalue weighted by Gasteiger charge is -2.01. The van der Waals surface area contributed by atoms with E-state index >= 15 is 0 Å². The third-order valence-corrected chi connectivity index (χ3v) is 1.45. The molecule has 68 valence electrons. The Kier molecular flexibility index (Phi) is 3.62. The zero-order valence-corrected chi connectivity index (χ0v) is 7.10. The number of ether oxygens (including phenoxy) is 1. The molecule has 0 aliphatic rings. The number of methoxy groups -OCH3 is 1. The lowest BCUT2D eigenvalue weighted by atomic mass is 10.4. The highest BCUT2D eigenvalue weighted by atomic mass is 16.5. The summed E-state index contributed by atoms with van der Waals surface area (Å²) in [7, 11) is 1.61. The summed E-state index contributed by atoms with van der Waals surface area (Å²) in [6.45, 7) is 1.84. The maximum Gasteiger partial charge on any atom is 0.177 e. The highest BCUT2D eigenvalue weighted by Crippen LogP contribution is 1.94. The van der Waals surface area contributed by atoms with Gasteiger partial charge in [0.2, 0.25) is 0 Å². The van der Waals surface area contributed by atoms with E-state index in [0.29, 0.717) is 13.2 Å². The van der Waals surface area contributed by atoms with E-state index in [1.54, 1.807) is 11.8 Å². The molecule has 6 nitrogen and oxygen atoms in total. The maximum absolute atomic E-state index is 5.36. The van der Waals surface area contributed by atoms with E-state index in [1.165, 1.54) is 0 Å². The third-order valence-electron chi connectivity index (χ3n) is 1.45. The summed E-state index contributed by atoms with van der Waals surface area (Å²) >= 11 is 0. The van der Waals surface area contributed by atoms with Gasteiger partial charge in [0.05, 0.1) is 0 Å². The molecule has 0 aromatic carbocycles. The second kappa shape index (κ2) is 4.78. The topological polar surface area (TPSA) is 78.9 Å². The summed E-state index contributed by atoms with van der Waals surface area (Å²) in [5.41, 5.74) is 5.36. The first-order valence-electron chi connectivity index (χ1n) is 3.82. The Labute approximate surface area is 70.7 Å². The second-order valence-electron chi connectivity index (χ2n) is 2.39. The molecule has 1 rings (SSSR count). The van der Waals surface area contributed by atoms with Gasteiger partial charge in [-0.25, -0.2) is 4.68 Å². The van der Waals surface area contributed by atoms with Crippen LogP contribution in [0.25, 0.3) is 0 Å². The Balaban J connectivity index is 2.51. The molecule has 0 bridgehead atoms. The van der Waals surface area contributed by atoms with E-state index < -0.39 is 0 Å². The van der Waals surface area contributed by atoms with E-state index in [-0.39, 0.29) is 0 Å². The Hall–Kier alpha value is -1.01. The molecule has 1 aromatic rings. The van der Waals surface area contributed by atoms with Gasteiger partial charge in [0.25, 0.3) is 0 Å². The first-order chi connectivity index (χ1) is 5.88. The maximum atomic E-state index is 5.36. The van der Waals surface area contributed by atoms with Crippen LogP contribution < -0.4 is 5.73 Å². The fourth-order valence-electron chi connectivity index (χ4n) is 0.870. The minimum atomic E-state index is 0.442. The molecule has 12 heavy (non-hydrogen) atoms. The van der Waals surface area contributed by atoms with Crippen LogP contribution in [0.1, 0.15) is 12.2 Å². The van der Waals surface area contributed by atoms with Crippen molar-refractivity contribution in [2.45, 2.75) is 19.6 Å². The Morgan fingerprint density at radius 2 is 2.42 bits per heavy atom. The summed E-state index contributed by atoms with van der Waals surface area (Å²) in [6.07, 6.45) is 0.877. The number of aromatic nitrogens is 4. The molecule has 0 saturated carbocycles. The van der Waals surface area contributed by atoms with Crippen molar-refractivity contribution in [2.75, 3.05) is 13.7 Å². The number of nitrogens with zero attached hydrogens (tertiary/aromatic N) is 4. The number of hydrogen-bond acceptors (Lipinski definition) is 5. The van der Waals surface area contributed by atoms with Gasteiger partial charge >= 0.3 is 0 Å². The predicted molar refractivity (Wildman–Crippen MR) is 42.2 cm³/mol. The smallest absolute Gasteiger partial charge is 0.177 e. The minimum Gasteiger partial charge on any atom is -0.377 e. The Morgan fingerprint density at radius 1 is 1.58 bits per heavy atom. The summed E-state index contributed by atoms with van der Waals surface area (Å²) in [4.78, 5) is 0. The fraction of sp³-hybridized carbons (Fsp3) is 0.833. The SMILES string of the molecule is COCc1nnnn1CCCN. The van der Waals surface area contributed by atoms with Gasteiger partial charge in [0, 0.05) is 13.7 Å². The monoisotopic (exact) mass is 171 g/mol. The van der Waals surface area contributed by atoms with Crippen molar-refractivity contribution in [1.82, 2.24) is 20.2 Å². The molecule has 0 spiro atoms. The molecular weight excluding hydrogens is 158 g/mol.